The lowest BCUT2D eigenvalue weighted by Gasteiger charge is -2.07. The summed E-state index contributed by atoms with van der Waals surface area (Å²) in [6.45, 7) is 0.498. The Kier molecular flexibility index (Phi) is 4.79. The van der Waals surface area contributed by atoms with Crippen LogP contribution < -0.4 is 10.1 Å². The van der Waals surface area contributed by atoms with Crippen molar-refractivity contribution < 1.29 is 22.7 Å². The van der Waals surface area contributed by atoms with Crippen LogP contribution in [0.4, 0.5) is 18.3 Å². The summed E-state index contributed by atoms with van der Waals surface area (Å²) in [7, 11) is 0. The molecule has 132 valence electrons. The molecule has 0 bridgehead atoms. The number of aryl methyl sites for hydroxylation is 1. The number of rotatable bonds is 6. The first-order chi connectivity index (χ1) is 11.9. The van der Waals surface area contributed by atoms with Gasteiger partial charge in [-0.2, -0.15) is 0 Å². The van der Waals surface area contributed by atoms with Gasteiger partial charge in [-0.25, -0.2) is 9.67 Å². The van der Waals surface area contributed by atoms with E-state index >= 15 is 0 Å². The largest absolute Gasteiger partial charge is 0.573 e. The molecule has 12 heteroatoms. The van der Waals surface area contributed by atoms with Crippen LogP contribution in [-0.4, -0.2) is 37.5 Å². The SMILES string of the molecule is O=C(CCCn1cnnn1)Nc1nc2ccc(OC(F)(F)F)cc2s1. The normalized spacial score (nSPS) is 11.6. The number of fused-ring (bicyclic) bond motifs is 1. The van der Waals surface area contributed by atoms with E-state index in [4.69, 9.17) is 0 Å². The second kappa shape index (κ2) is 7.01. The summed E-state index contributed by atoms with van der Waals surface area (Å²) in [5.74, 6) is -0.582. The summed E-state index contributed by atoms with van der Waals surface area (Å²) < 4.78 is 42.5. The van der Waals surface area contributed by atoms with Crippen LogP contribution in [-0.2, 0) is 11.3 Å². The maximum absolute atomic E-state index is 12.2. The van der Waals surface area contributed by atoms with E-state index in [1.165, 1.54) is 29.2 Å². The number of tetrazole rings is 1. The van der Waals surface area contributed by atoms with Crippen molar-refractivity contribution in [2.75, 3.05) is 5.32 Å². The van der Waals surface area contributed by atoms with Gasteiger partial charge in [-0.1, -0.05) is 11.3 Å². The molecule has 0 aliphatic rings. The van der Waals surface area contributed by atoms with Gasteiger partial charge >= 0.3 is 6.36 Å². The molecule has 0 atom stereocenters. The van der Waals surface area contributed by atoms with E-state index in [0.717, 1.165) is 11.3 Å². The van der Waals surface area contributed by atoms with Gasteiger partial charge in [0.2, 0.25) is 5.91 Å². The average Bonchev–Trinajstić information content (AvgIpc) is 3.14. The summed E-state index contributed by atoms with van der Waals surface area (Å²) in [4.78, 5) is 16.1. The zero-order chi connectivity index (χ0) is 17.9. The van der Waals surface area contributed by atoms with Crippen LogP contribution in [0.1, 0.15) is 12.8 Å². The predicted octanol–water partition coefficient (Wildman–Crippen LogP) is 2.60. The van der Waals surface area contributed by atoms with Crippen LogP contribution >= 0.6 is 11.3 Å². The number of thiazole rings is 1. The minimum atomic E-state index is -4.75. The maximum atomic E-state index is 12.2. The number of nitrogens with zero attached hydrogens (tertiary/aromatic N) is 5. The van der Waals surface area contributed by atoms with Gasteiger partial charge in [0.1, 0.15) is 12.1 Å². The highest BCUT2D eigenvalue weighted by atomic mass is 32.1. The minimum absolute atomic E-state index is 0.234. The molecule has 1 amide bonds. The van der Waals surface area contributed by atoms with Crippen molar-refractivity contribution in [1.82, 2.24) is 25.2 Å². The van der Waals surface area contributed by atoms with Crippen molar-refractivity contribution in [3.8, 4) is 5.75 Å². The molecule has 3 aromatic rings. The number of nitrogens with one attached hydrogen (secondary N) is 1. The van der Waals surface area contributed by atoms with Crippen LogP contribution in [0.3, 0.4) is 0 Å². The van der Waals surface area contributed by atoms with Crippen LogP contribution in [0.15, 0.2) is 24.5 Å². The van der Waals surface area contributed by atoms with E-state index < -0.39 is 6.36 Å². The zero-order valence-electron chi connectivity index (χ0n) is 12.5. The van der Waals surface area contributed by atoms with Gasteiger partial charge in [0, 0.05) is 19.0 Å². The van der Waals surface area contributed by atoms with Gasteiger partial charge in [0.05, 0.1) is 10.2 Å². The monoisotopic (exact) mass is 372 g/mol. The molecule has 2 heterocycles. The molecule has 0 aliphatic carbocycles. The van der Waals surface area contributed by atoms with Crippen LogP contribution in [0.25, 0.3) is 10.2 Å². The first-order valence-corrected chi connectivity index (χ1v) is 7.88. The number of aromatic nitrogens is 5. The van der Waals surface area contributed by atoms with Crippen LogP contribution in [0.5, 0.6) is 5.75 Å². The Hall–Kier alpha value is -2.76. The molecule has 0 aliphatic heterocycles. The third kappa shape index (κ3) is 4.86. The number of ether oxygens (including phenoxy) is 1. The van der Waals surface area contributed by atoms with Crippen molar-refractivity contribution >= 4 is 32.6 Å². The summed E-state index contributed by atoms with van der Waals surface area (Å²) in [5, 5.41) is 13.6. The first-order valence-electron chi connectivity index (χ1n) is 7.06. The van der Waals surface area contributed by atoms with Gasteiger partial charge < -0.3 is 10.1 Å². The zero-order valence-corrected chi connectivity index (χ0v) is 13.3. The Morgan fingerprint density at radius 1 is 1.36 bits per heavy atom. The van der Waals surface area contributed by atoms with Crippen molar-refractivity contribution in [3.05, 3.63) is 24.5 Å². The highest BCUT2D eigenvalue weighted by Crippen LogP contribution is 2.31. The van der Waals surface area contributed by atoms with Crippen LogP contribution in [0, 0.1) is 0 Å². The molecule has 0 saturated heterocycles. The Labute approximate surface area is 142 Å². The van der Waals surface area contributed by atoms with E-state index in [0.29, 0.717) is 28.3 Å². The topological polar surface area (TPSA) is 94.8 Å². The molecule has 2 aromatic heterocycles. The third-order valence-corrected chi connectivity index (χ3v) is 3.96. The summed E-state index contributed by atoms with van der Waals surface area (Å²) in [6.07, 6.45) is -2.54. The Bertz CT molecular complexity index is 864. The molecule has 25 heavy (non-hydrogen) atoms. The van der Waals surface area contributed by atoms with Crippen molar-refractivity contribution in [1.29, 1.82) is 0 Å². The van der Waals surface area contributed by atoms with Gasteiger partial charge in [-0.05, 0) is 29.0 Å². The van der Waals surface area contributed by atoms with E-state index in [9.17, 15) is 18.0 Å². The fraction of sp³-hybridized carbons (Fsp3) is 0.308. The number of amides is 1. The number of carbonyl (C=O) groups excluding carboxylic acids is 1. The van der Waals surface area contributed by atoms with E-state index in [-0.39, 0.29) is 18.1 Å². The standard InChI is InChI=1S/C13H11F3N6O2S/c14-13(15,16)24-8-3-4-9-10(6-8)25-12(18-9)19-11(23)2-1-5-22-7-17-20-21-22/h3-4,6-7H,1-2,5H2,(H,18,19,23). The number of hydrogen-bond donors (Lipinski definition) is 1. The lowest BCUT2D eigenvalue weighted by atomic mass is 10.3. The quantitative estimate of drug-likeness (QED) is 0.715. The lowest BCUT2D eigenvalue weighted by Crippen LogP contribution is -2.16. The van der Waals surface area contributed by atoms with Crippen LogP contribution in [0.2, 0.25) is 0 Å². The van der Waals surface area contributed by atoms with Crippen molar-refractivity contribution in [3.63, 3.8) is 0 Å². The fourth-order valence-corrected chi connectivity index (χ4v) is 2.93. The Balaban J connectivity index is 1.58. The molecule has 8 nitrogen and oxygen atoms in total. The number of anilines is 1. The number of benzene rings is 1. The maximum Gasteiger partial charge on any atom is 0.573 e. The van der Waals surface area contributed by atoms with Crippen molar-refractivity contribution in [2.24, 2.45) is 0 Å². The molecule has 0 saturated carbocycles. The van der Waals surface area contributed by atoms with E-state index in [1.54, 1.807) is 0 Å². The second-order valence-electron chi connectivity index (χ2n) is 4.92. The van der Waals surface area contributed by atoms with Gasteiger partial charge in [0.25, 0.3) is 0 Å². The molecule has 3 rings (SSSR count). The molecule has 0 spiro atoms. The molecule has 0 fully saturated rings. The smallest absolute Gasteiger partial charge is 0.406 e. The molecule has 1 aromatic carbocycles. The number of hydrogen-bond acceptors (Lipinski definition) is 7. The lowest BCUT2D eigenvalue weighted by molar-refractivity contribution is -0.274. The number of carbonyl (C=O) groups is 1. The molecule has 1 N–H and O–H groups in total. The second-order valence-corrected chi connectivity index (χ2v) is 5.95. The van der Waals surface area contributed by atoms with Gasteiger partial charge in [0.15, 0.2) is 5.13 Å². The summed E-state index contributed by atoms with van der Waals surface area (Å²) >= 11 is 1.07. The number of halogens is 3. The Morgan fingerprint density at radius 2 is 2.20 bits per heavy atom. The van der Waals surface area contributed by atoms with Crippen molar-refractivity contribution in [2.45, 2.75) is 25.7 Å². The van der Waals surface area contributed by atoms with Gasteiger partial charge in [-0.15, -0.1) is 18.3 Å². The molecular formula is C13H11F3N6O2S. The minimum Gasteiger partial charge on any atom is -0.406 e. The van der Waals surface area contributed by atoms with E-state index in [2.05, 4.69) is 30.6 Å². The first kappa shape index (κ1) is 17.1. The third-order valence-electron chi connectivity index (χ3n) is 3.02. The number of alkyl halides is 3. The average molecular weight is 372 g/mol. The highest BCUT2D eigenvalue weighted by molar-refractivity contribution is 7.22. The highest BCUT2D eigenvalue weighted by Gasteiger charge is 2.31. The Morgan fingerprint density at radius 3 is 2.92 bits per heavy atom. The van der Waals surface area contributed by atoms with Gasteiger partial charge in [-0.3, -0.25) is 4.79 Å². The van der Waals surface area contributed by atoms with E-state index in [1.807, 2.05) is 0 Å². The molecule has 0 unspecified atom stereocenters. The summed E-state index contributed by atoms with van der Waals surface area (Å²) in [6, 6.07) is 3.81. The fourth-order valence-electron chi connectivity index (χ4n) is 2.02. The summed E-state index contributed by atoms with van der Waals surface area (Å²) in [5.41, 5.74) is 0.475. The molecular weight excluding hydrogens is 361 g/mol. The molecule has 0 radical (unpaired) electrons. The predicted molar refractivity (Wildman–Crippen MR) is 82.0 cm³/mol.